The van der Waals surface area contributed by atoms with Gasteiger partial charge in [-0.2, -0.15) is 0 Å². The van der Waals surface area contributed by atoms with Crippen molar-refractivity contribution in [2.75, 3.05) is 40.4 Å². The van der Waals surface area contributed by atoms with Gasteiger partial charge in [0.1, 0.15) is 0 Å². The van der Waals surface area contributed by atoms with Crippen molar-refractivity contribution in [3.63, 3.8) is 0 Å². The Kier molecular flexibility index (Phi) is 7.15. The fraction of sp³-hybridized carbons (Fsp3) is 1.00. The highest BCUT2D eigenvalue weighted by molar-refractivity contribution is 4.80. The van der Waals surface area contributed by atoms with Crippen LogP contribution in [-0.2, 0) is 4.74 Å². The van der Waals surface area contributed by atoms with Gasteiger partial charge in [-0.3, -0.25) is 0 Å². The smallest absolute Gasteiger partial charge is 0.0698 e. The van der Waals surface area contributed by atoms with Gasteiger partial charge in [-0.1, -0.05) is 6.42 Å². The molecule has 1 aliphatic rings. The normalized spacial score (nSPS) is 25.0. The van der Waals surface area contributed by atoms with E-state index in [2.05, 4.69) is 17.1 Å². The van der Waals surface area contributed by atoms with Crippen molar-refractivity contribution in [1.29, 1.82) is 0 Å². The lowest BCUT2D eigenvalue weighted by molar-refractivity contribution is 0.0306. The number of piperidine rings is 1. The summed E-state index contributed by atoms with van der Waals surface area (Å²) in [6.07, 6.45) is 6.28. The Labute approximate surface area is 112 Å². The third kappa shape index (κ3) is 5.22. The zero-order chi connectivity index (χ0) is 13.4. The number of ether oxygens (including phenoxy) is 1. The highest BCUT2D eigenvalue weighted by Gasteiger charge is 2.21. The molecule has 0 aliphatic carbocycles. The summed E-state index contributed by atoms with van der Waals surface area (Å²) in [7, 11) is 3.73. The second kappa shape index (κ2) is 8.10. The number of rotatable bonds is 8. The highest BCUT2D eigenvalue weighted by atomic mass is 16.5. The Hall–Kier alpha value is -0.160. The van der Waals surface area contributed by atoms with E-state index in [0.29, 0.717) is 6.10 Å². The minimum absolute atomic E-state index is 0.114. The van der Waals surface area contributed by atoms with Crippen molar-refractivity contribution in [3.8, 4) is 0 Å². The molecular formula is C14H30N2O2. The minimum atomic E-state index is -0.114. The van der Waals surface area contributed by atoms with Crippen LogP contribution in [0.25, 0.3) is 0 Å². The van der Waals surface area contributed by atoms with E-state index in [1.807, 2.05) is 14.2 Å². The van der Waals surface area contributed by atoms with Crippen LogP contribution in [0.4, 0.5) is 0 Å². The number of unbranched alkanes of at least 4 members (excludes halogenated alkanes) is 1. The first-order valence-electron chi connectivity index (χ1n) is 7.18. The fourth-order valence-electron chi connectivity index (χ4n) is 2.54. The molecule has 1 aliphatic heterocycles. The van der Waals surface area contributed by atoms with Crippen molar-refractivity contribution in [3.05, 3.63) is 0 Å². The van der Waals surface area contributed by atoms with E-state index in [9.17, 15) is 5.11 Å². The second-order valence-corrected chi connectivity index (χ2v) is 5.73. The molecule has 0 amide bonds. The highest BCUT2D eigenvalue weighted by Crippen LogP contribution is 2.16. The van der Waals surface area contributed by atoms with Crippen molar-refractivity contribution in [2.24, 2.45) is 0 Å². The lowest BCUT2D eigenvalue weighted by Crippen LogP contribution is -2.43. The summed E-state index contributed by atoms with van der Waals surface area (Å²) < 4.78 is 5.43. The van der Waals surface area contributed by atoms with E-state index < -0.39 is 0 Å². The molecule has 4 nitrogen and oxygen atoms in total. The number of aliphatic hydroxyl groups is 1. The molecule has 0 spiro atoms. The summed E-state index contributed by atoms with van der Waals surface area (Å²) in [5, 5.41) is 12.5. The predicted octanol–water partition coefficient (Wildman–Crippen LogP) is 1.24. The summed E-state index contributed by atoms with van der Waals surface area (Å²) >= 11 is 0. The summed E-state index contributed by atoms with van der Waals surface area (Å²) in [4.78, 5) is 2.51. The standard InChI is InChI=1S/C14H30N2O2/c1-14(12-17,15-2)8-4-5-9-16-10-6-7-13(11-16)18-3/h13,15,17H,4-12H2,1-3H3. The maximum absolute atomic E-state index is 9.31. The number of nitrogens with one attached hydrogen (secondary N) is 1. The second-order valence-electron chi connectivity index (χ2n) is 5.73. The molecule has 1 heterocycles. The number of aliphatic hydroxyl groups excluding tert-OH is 1. The lowest BCUT2D eigenvalue weighted by atomic mass is 9.96. The lowest BCUT2D eigenvalue weighted by Gasteiger charge is -2.32. The Bertz CT molecular complexity index is 220. The fourth-order valence-corrected chi connectivity index (χ4v) is 2.54. The van der Waals surface area contributed by atoms with E-state index in [1.165, 1.54) is 25.8 Å². The molecular weight excluding hydrogens is 228 g/mol. The molecule has 0 aromatic carbocycles. The van der Waals surface area contributed by atoms with Crippen molar-refractivity contribution in [1.82, 2.24) is 10.2 Å². The van der Waals surface area contributed by atoms with Gasteiger partial charge in [0.05, 0.1) is 12.7 Å². The van der Waals surface area contributed by atoms with Gasteiger partial charge in [0, 0.05) is 19.2 Å². The third-order valence-corrected chi connectivity index (χ3v) is 4.20. The van der Waals surface area contributed by atoms with Crippen LogP contribution in [0, 0.1) is 0 Å². The van der Waals surface area contributed by atoms with Crippen LogP contribution in [0.15, 0.2) is 0 Å². The molecule has 0 aromatic heterocycles. The molecule has 0 bridgehead atoms. The number of likely N-dealkylation sites (tertiary alicyclic amines) is 1. The summed E-state index contributed by atoms with van der Waals surface area (Å²) in [6, 6.07) is 0. The van der Waals surface area contributed by atoms with Crippen LogP contribution in [-0.4, -0.2) is 62.0 Å². The SMILES string of the molecule is CNC(C)(CO)CCCCN1CCCC(OC)C1. The molecule has 2 N–H and O–H groups in total. The molecule has 18 heavy (non-hydrogen) atoms. The molecule has 0 aromatic rings. The van der Waals surface area contributed by atoms with Gasteiger partial charge in [-0.05, 0) is 52.7 Å². The first-order valence-corrected chi connectivity index (χ1v) is 7.18. The van der Waals surface area contributed by atoms with Gasteiger partial charge in [-0.15, -0.1) is 0 Å². The van der Waals surface area contributed by atoms with Crippen LogP contribution in [0.3, 0.4) is 0 Å². The zero-order valence-corrected chi connectivity index (χ0v) is 12.2. The van der Waals surface area contributed by atoms with Gasteiger partial charge >= 0.3 is 0 Å². The van der Waals surface area contributed by atoms with E-state index in [4.69, 9.17) is 4.74 Å². The first-order chi connectivity index (χ1) is 8.63. The average molecular weight is 258 g/mol. The largest absolute Gasteiger partial charge is 0.394 e. The number of nitrogens with zero attached hydrogens (tertiary/aromatic N) is 1. The predicted molar refractivity (Wildman–Crippen MR) is 74.9 cm³/mol. The monoisotopic (exact) mass is 258 g/mol. The summed E-state index contributed by atoms with van der Waals surface area (Å²) in [5.74, 6) is 0. The number of hydrogen-bond donors (Lipinski definition) is 2. The van der Waals surface area contributed by atoms with Gasteiger partial charge in [0.25, 0.3) is 0 Å². The van der Waals surface area contributed by atoms with Gasteiger partial charge in [0.2, 0.25) is 0 Å². The maximum atomic E-state index is 9.31. The molecule has 0 radical (unpaired) electrons. The van der Waals surface area contributed by atoms with Gasteiger partial charge < -0.3 is 20.1 Å². The van der Waals surface area contributed by atoms with Crippen LogP contribution in [0.2, 0.25) is 0 Å². The average Bonchev–Trinajstić information content (AvgIpc) is 2.43. The minimum Gasteiger partial charge on any atom is -0.394 e. The third-order valence-electron chi connectivity index (χ3n) is 4.20. The Morgan fingerprint density at radius 3 is 2.83 bits per heavy atom. The summed E-state index contributed by atoms with van der Waals surface area (Å²) in [6.45, 7) is 5.74. The van der Waals surface area contributed by atoms with Crippen molar-refractivity contribution in [2.45, 2.75) is 50.7 Å². The van der Waals surface area contributed by atoms with Crippen LogP contribution in [0.1, 0.15) is 39.0 Å². The molecule has 0 saturated carbocycles. The number of likely N-dealkylation sites (N-methyl/N-ethyl adjacent to an activating group) is 1. The molecule has 4 heteroatoms. The van der Waals surface area contributed by atoms with Crippen LogP contribution < -0.4 is 5.32 Å². The number of methoxy groups -OCH3 is 1. The molecule has 1 rings (SSSR count). The van der Waals surface area contributed by atoms with Gasteiger partial charge in [-0.25, -0.2) is 0 Å². The van der Waals surface area contributed by atoms with Crippen LogP contribution >= 0.6 is 0 Å². The Morgan fingerprint density at radius 1 is 1.44 bits per heavy atom. The summed E-state index contributed by atoms with van der Waals surface area (Å²) in [5.41, 5.74) is -0.114. The van der Waals surface area contributed by atoms with E-state index in [1.54, 1.807) is 0 Å². The molecule has 2 atom stereocenters. The van der Waals surface area contributed by atoms with Crippen molar-refractivity contribution >= 4 is 0 Å². The maximum Gasteiger partial charge on any atom is 0.0698 e. The van der Waals surface area contributed by atoms with E-state index in [-0.39, 0.29) is 12.1 Å². The molecule has 2 unspecified atom stereocenters. The van der Waals surface area contributed by atoms with Gasteiger partial charge in [0.15, 0.2) is 0 Å². The molecule has 1 fully saturated rings. The van der Waals surface area contributed by atoms with Crippen molar-refractivity contribution < 1.29 is 9.84 Å². The first kappa shape index (κ1) is 15.9. The Morgan fingerprint density at radius 2 is 2.22 bits per heavy atom. The van der Waals surface area contributed by atoms with E-state index >= 15 is 0 Å². The molecule has 108 valence electrons. The molecule has 1 saturated heterocycles. The topological polar surface area (TPSA) is 44.7 Å². The number of hydrogen-bond acceptors (Lipinski definition) is 4. The quantitative estimate of drug-likeness (QED) is 0.643. The van der Waals surface area contributed by atoms with E-state index in [0.717, 1.165) is 25.9 Å². The van der Waals surface area contributed by atoms with Crippen LogP contribution in [0.5, 0.6) is 0 Å². The Balaban J connectivity index is 2.14. The zero-order valence-electron chi connectivity index (χ0n) is 12.2.